The molecule has 0 amide bonds. The molecule has 0 aliphatic carbocycles. The zero-order valence-corrected chi connectivity index (χ0v) is 19.0. The zero-order chi connectivity index (χ0) is 18.9. The number of benzene rings is 1. The van der Waals surface area contributed by atoms with E-state index < -0.39 is 10.0 Å². The molecule has 1 aromatic carbocycles. The lowest BCUT2D eigenvalue weighted by molar-refractivity contribution is 0.424. The van der Waals surface area contributed by atoms with Gasteiger partial charge in [0.1, 0.15) is 5.82 Å². The summed E-state index contributed by atoms with van der Waals surface area (Å²) in [4.78, 5) is 4.14. The van der Waals surface area contributed by atoms with Crippen LogP contribution in [0.4, 0.5) is 4.39 Å². The van der Waals surface area contributed by atoms with Crippen LogP contribution >= 0.6 is 24.0 Å². The van der Waals surface area contributed by atoms with E-state index in [0.717, 1.165) is 17.5 Å². The summed E-state index contributed by atoms with van der Waals surface area (Å²) in [6.07, 6.45) is 2.69. The topological polar surface area (TPSA) is 73.8 Å². The van der Waals surface area contributed by atoms with Crippen LogP contribution in [0.25, 0.3) is 0 Å². The van der Waals surface area contributed by atoms with Gasteiger partial charge in [0.25, 0.3) is 0 Å². The highest BCUT2D eigenvalue weighted by Crippen LogP contribution is 2.10. The first kappa shape index (κ1) is 25.1. The SMILES string of the molecule is CCN(CCCNC(=NC)NCCc1ccc(F)cc1C)S(C)(=O)=O.I. The summed E-state index contributed by atoms with van der Waals surface area (Å²) < 4.78 is 37.6. The van der Waals surface area contributed by atoms with E-state index in [2.05, 4.69) is 15.6 Å². The summed E-state index contributed by atoms with van der Waals surface area (Å²) in [6.45, 7) is 5.98. The largest absolute Gasteiger partial charge is 0.356 e. The van der Waals surface area contributed by atoms with Crippen molar-refractivity contribution in [2.45, 2.75) is 26.7 Å². The predicted octanol–water partition coefficient (Wildman–Crippen LogP) is 2.13. The molecule has 0 aromatic heterocycles. The van der Waals surface area contributed by atoms with E-state index in [4.69, 9.17) is 0 Å². The first-order valence-corrected chi connectivity index (χ1v) is 10.3. The number of aliphatic imine (C=N–C) groups is 1. The van der Waals surface area contributed by atoms with Crippen LogP contribution in [0.2, 0.25) is 0 Å². The first-order chi connectivity index (χ1) is 11.8. The summed E-state index contributed by atoms with van der Waals surface area (Å²) in [7, 11) is -1.45. The fourth-order valence-electron chi connectivity index (χ4n) is 2.50. The monoisotopic (exact) mass is 500 g/mol. The Bertz CT molecular complexity index is 683. The maximum absolute atomic E-state index is 13.1. The Hall–Kier alpha value is -0.940. The normalized spacial score (nSPS) is 12.0. The van der Waals surface area contributed by atoms with Crippen molar-refractivity contribution in [1.29, 1.82) is 0 Å². The zero-order valence-electron chi connectivity index (χ0n) is 15.9. The van der Waals surface area contributed by atoms with Gasteiger partial charge in [-0.3, -0.25) is 4.99 Å². The number of halogens is 2. The molecule has 0 atom stereocenters. The van der Waals surface area contributed by atoms with Crippen molar-refractivity contribution in [1.82, 2.24) is 14.9 Å². The molecule has 0 saturated heterocycles. The predicted molar refractivity (Wildman–Crippen MR) is 116 cm³/mol. The van der Waals surface area contributed by atoms with Crippen LogP contribution in [-0.2, 0) is 16.4 Å². The highest BCUT2D eigenvalue weighted by molar-refractivity contribution is 14.0. The van der Waals surface area contributed by atoms with Crippen molar-refractivity contribution in [3.8, 4) is 0 Å². The van der Waals surface area contributed by atoms with Gasteiger partial charge >= 0.3 is 0 Å². The second kappa shape index (κ2) is 12.4. The minimum Gasteiger partial charge on any atom is -0.356 e. The molecule has 0 radical (unpaired) electrons. The number of hydrogen-bond donors (Lipinski definition) is 2. The summed E-state index contributed by atoms with van der Waals surface area (Å²) in [6, 6.07) is 4.80. The minimum atomic E-state index is -3.14. The molecule has 1 aromatic rings. The second-order valence-electron chi connectivity index (χ2n) is 5.85. The van der Waals surface area contributed by atoms with Crippen molar-refractivity contribution in [3.63, 3.8) is 0 Å². The van der Waals surface area contributed by atoms with Gasteiger partial charge in [-0.1, -0.05) is 13.0 Å². The van der Waals surface area contributed by atoms with E-state index in [1.54, 1.807) is 13.1 Å². The maximum Gasteiger partial charge on any atom is 0.211 e. The number of nitrogens with one attached hydrogen (secondary N) is 2. The number of nitrogens with zero attached hydrogens (tertiary/aromatic N) is 2. The molecule has 2 N–H and O–H groups in total. The molecule has 0 aliphatic rings. The van der Waals surface area contributed by atoms with E-state index in [-0.39, 0.29) is 29.8 Å². The Labute approximate surface area is 173 Å². The standard InChI is InChI=1S/C17H29FN4O2S.HI/c1-5-22(25(4,23)24)12-6-10-20-17(19-3)21-11-9-15-7-8-16(18)13-14(15)2;/h7-8,13H,5-6,9-12H2,1-4H3,(H2,19,20,21);1H. The average molecular weight is 500 g/mol. The highest BCUT2D eigenvalue weighted by Gasteiger charge is 2.13. The number of sulfonamides is 1. The van der Waals surface area contributed by atoms with Crippen LogP contribution in [-0.4, -0.2) is 58.2 Å². The number of aryl methyl sites for hydroxylation is 1. The van der Waals surface area contributed by atoms with Gasteiger partial charge in [-0.2, -0.15) is 0 Å². The first-order valence-electron chi connectivity index (χ1n) is 8.42. The van der Waals surface area contributed by atoms with E-state index in [1.165, 1.54) is 22.7 Å². The molecule has 1 rings (SSSR count). The van der Waals surface area contributed by atoms with Crippen LogP contribution in [0.5, 0.6) is 0 Å². The molecule has 0 spiro atoms. The molecule has 9 heteroatoms. The Morgan fingerprint density at radius 1 is 1.27 bits per heavy atom. The minimum absolute atomic E-state index is 0. The van der Waals surface area contributed by atoms with E-state index in [0.29, 0.717) is 38.6 Å². The summed E-state index contributed by atoms with van der Waals surface area (Å²) >= 11 is 0. The highest BCUT2D eigenvalue weighted by atomic mass is 127. The second-order valence-corrected chi connectivity index (χ2v) is 7.84. The summed E-state index contributed by atoms with van der Waals surface area (Å²) in [5, 5.41) is 6.37. The lowest BCUT2D eigenvalue weighted by Crippen LogP contribution is -2.40. The van der Waals surface area contributed by atoms with Crippen LogP contribution in [0.1, 0.15) is 24.5 Å². The van der Waals surface area contributed by atoms with Crippen molar-refractivity contribution < 1.29 is 12.8 Å². The van der Waals surface area contributed by atoms with Gasteiger partial charge in [0.05, 0.1) is 6.26 Å². The van der Waals surface area contributed by atoms with Gasteiger partial charge in [0, 0.05) is 33.2 Å². The molecule has 0 heterocycles. The molecule has 0 saturated carbocycles. The van der Waals surface area contributed by atoms with Crippen molar-refractivity contribution >= 4 is 40.0 Å². The van der Waals surface area contributed by atoms with Gasteiger partial charge in [-0.25, -0.2) is 17.1 Å². The van der Waals surface area contributed by atoms with Gasteiger partial charge < -0.3 is 10.6 Å². The molecule has 0 bridgehead atoms. The fraction of sp³-hybridized carbons (Fsp3) is 0.588. The Kier molecular flexibility index (Phi) is 12.0. The van der Waals surface area contributed by atoms with E-state index in [9.17, 15) is 12.8 Å². The summed E-state index contributed by atoms with van der Waals surface area (Å²) in [5.41, 5.74) is 2.03. The lowest BCUT2D eigenvalue weighted by atomic mass is 10.1. The third kappa shape index (κ3) is 9.13. The quantitative estimate of drug-likeness (QED) is 0.236. The average Bonchev–Trinajstić information content (AvgIpc) is 2.53. The molecule has 0 aliphatic heterocycles. The third-order valence-electron chi connectivity index (χ3n) is 3.91. The van der Waals surface area contributed by atoms with Gasteiger partial charge in [-0.05, 0) is 43.0 Å². The van der Waals surface area contributed by atoms with E-state index in [1.807, 2.05) is 13.8 Å². The summed E-state index contributed by atoms with van der Waals surface area (Å²) in [5.74, 6) is 0.448. The Morgan fingerprint density at radius 3 is 2.46 bits per heavy atom. The molecule has 0 unspecified atom stereocenters. The molecule has 26 heavy (non-hydrogen) atoms. The fourth-order valence-corrected chi connectivity index (χ4v) is 3.43. The van der Waals surface area contributed by atoms with Gasteiger partial charge in [0.2, 0.25) is 10.0 Å². The van der Waals surface area contributed by atoms with Gasteiger partial charge in [0.15, 0.2) is 5.96 Å². The van der Waals surface area contributed by atoms with Crippen LogP contribution < -0.4 is 10.6 Å². The van der Waals surface area contributed by atoms with Crippen LogP contribution in [0.3, 0.4) is 0 Å². The molecular weight excluding hydrogens is 470 g/mol. The van der Waals surface area contributed by atoms with Gasteiger partial charge in [-0.15, -0.1) is 24.0 Å². The van der Waals surface area contributed by atoms with Crippen LogP contribution in [0.15, 0.2) is 23.2 Å². The Morgan fingerprint density at radius 2 is 1.92 bits per heavy atom. The molecule has 0 fully saturated rings. The maximum atomic E-state index is 13.1. The molecule has 6 nitrogen and oxygen atoms in total. The molecular formula is C17H30FIN4O2S. The number of guanidine groups is 1. The smallest absolute Gasteiger partial charge is 0.211 e. The number of rotatable bonds is 9. The van der Waals surface area contributed by atoms with Crippen molar-refractivity contribution in [2.75, 3.05) is 39.5 Å². The Balaban J connectivity index is 0.00000625. The van der Waals surface area contributed by atoms with Crippen molar-refractivity contribution in [3.05, 3.63) is 35.1 Å². The third-order valence-corrected chi connectivity index (χ3v) is 5.29. The number of hydrogen-bond acceptors (Lipinski definition) is 3. The lowest BCUT2D eigenvalue weighted by Gasteiger charge is -2.18. The van der Waals surface area contributed by atoms with Crippen molar-refractivity contribution in [2.24, 2.45) is 4.99 Å². The molecule has 150 valence electrons. The van der Waals surface area contributed by atoms with Crippen LogP contribution in [0, 0.1) is 12.7 Å². The van der Waals surface area contributed by atoms with E-state index >= 15 is 0 Å².